The van der Waals surface area contributed by atoms with Gasteiger partial charge in [0, 0.05) is 15.7 Å². The van der Waals surface area contributed by atoms with Gasteiger partial charge >= 0.3 is 0 Å². The molecule has 0 spiro atoms. The second kappa shape index (κ2) is 4.86. The molecule has 0 bridgehead atoms. The highest BCUT2D eigenvalue weighted by Crippen LogP contribution is 2.33. The third-order valence-corrected chi connectivity index (χ3v) is 4.03. The molecule has 1 atom stereocenters. The van der Waals surface area contributed by atoms with Crippen molar-refractivity contribution in [1.82, 2.24) is 15.5 Å². The van der Waals surface area contributed by atoms with Gasteiger partial charge in [-0.15, -0.1) is 0 Å². The Kier molecular flexibility index (Phi) is 3.22. The number of hydrogen-bond donors (Lipinski definition) is 2. The molecule has 1 fully saturated rings. The number of halogens is 1. The van der Waals surface area contributed by atoms with Crippen LogP contribution in [0, 0.1) is 6.92 Å². The second-order valence-electron chi connectivity index (χ2n) is 4.76. The quantitative estimate of drug-likeness (QED) is 0.890. The van der Waals surface area contributed by atoms with Gasteiger partial charge in [-0.1, -0.05) is 28.1 Å². The average Bonchev–Trinajstić information content (AvgIpc) is 2.99. The molecule has 94 valence electrons. The van der Waals surface area contributed by atoms with E-state index in [1.54, 1.807) is 0 Å². The Morgan fingerprint density at radius 3 is 2.72 bits per heavy atom. The number of hydrogen-bond acceptors (Lipinski definition) is 2. The number of aromatic nitrogens is 2. The molecule has 0 aliphatic carbocycles. The Hall–Kier alpha value is -1.13. The van der Waals surface area contributed by atoms with Crippen LogP contribution in [0.5, 0.6) is 0 Å². The summed E-state index contributed by atoms with van der Waals surface area (Å²) in [6, 6.07) is 8.83. The summed E-state index contributed by atoms with van der Waals surface area (Å²) in [4.78, 5) is 0. The lowest BCUT2D eigenvalue weighted by Crippen LogP contribution is -2.14. The van der Waals surface area contributed by atoms with E-state index in [1.807, 2.05) is 0 Å². The van der Waals surface area contributed by atoms with Crippen LogP contribution in [0.15, 0.2) is 28.7 Å². The van der Waals surface area contributed by atoms with Gasteiger partial charge in [0.15, 0.2) is 0 Å². The van der Waals surface area contributed by atoms with Crippen molar-refractivity contribution >= 4 is 15.9 Å². The number of aryl methyl sites for hydroxylation is 1. The average molecular weight is 306 g/mol. The van der Waals surface area contributed by atoms with Gasteiger partial charge in [-0.3, -0.25) is 5.10 Å². The van der Waals surface area contributed by atoms with Gasteiger partial charge in [-0.05, 0) is 44.0 Å². The van der Waals surface area contributed by atoms with Crippen molar-refractivity contribution in [3.63, 3.8) is 0 Å². The minimum Gasteiger partial charge on any atom is -0.309 e. The molecule has 3 nitrogen and oxygen atoms in total. The van der Waals surface area contributed by atoms with Crippen molar-refractivity contribution in [2.75, 3.05) is 6.54 Å². The highest BCUT2D eigenvalue weighted by molar-refractivity contribution is 9.10. The predicted molar refractivity (Wildman–Crippen MR) is 76.4 cm³/mol. The lowest BCUT2D eigenvalue weighted by Gasteiger charge is -2.10. The summed E-state index contributed by atoms with van der Waals surface area (Å²) in [5, 5.41) is 11.1. The van der Waals surface area contributed by atoms with Crippen LogP contribution in [-0.2, 0) is 0 Å². The van der Waals surface area contributed by atoms with Crippen LogP contribution in [0.25, 0.3) is 11.1 Å². The van der Waals surface area contributed by atoms with Crippen LogP contribution in [0.2, 0.25) is 0 Å². The van der Waals surface area contributed by atoms with E-state index in [9.17, 15) is 0 Å². The number of rotatable bonds is 2. The summed E-state index contributed by atoms with van der Waals surface area (Å²) in [6.45, 7) is 3.18. The summed E-state index contributed by atoms with van der Waals surface area (Å²) < 4.78 is 1.10. The van der Waals surface area contributed by atoms with E-state index in [-0.39, 0.29) is 0 Å². The molecule has 2 aromatic rings. The number of aromatic amines is 1. The lowest BCUT2D eigenvalue weighted by atomic mass is 9.99. The van der Waals surface area contributed by atoms with Crippen molar-refractivity contribution in [3.8, 4) is 11.1 Å². The Bertz CT molecular complexity index is 539. The zero-order chi connectivity index (χ0) is 12.5. The van der Waals surface area contributed by atoms with Crippen molar-refractivity contribution in [1.29, 1.82) is 0 Å². The Morgan fingerprint density at radius 1 is 1.28 bits per heavy atom. The van der Waals surface area contributed by atoms with Gasteiger partial charge in [-0.25, -0.2) is 0 Å². The van der Waals surface area contributed by atoms with Crippen molar-refractivity contribution in [2.24, 2.45) is 0 Å². The highest BCUT2D eigenvalue weighted by atomic mass is 79.9. The molecule has 1 aliphatic rings. The first-order chi connectivity index (χ1) is 8.75. The maximum Gasteiger partial charge on any atom is 0.0872 e. The second-order valence-corrected chi connectivity index (χ2v) is 5.68. The SMILES string of the molecule is Cc1[nH]nc(C2CCCN2)c1-c1ccc(Br)cc1. The summed E-state index contributed by atoms with van der Waals surface area (Å²) in [5.41, 5.74) is 4.78. The van der Waals surface area contributed by atoms with Crippen molar-refractivity contribution in [2.45, 2.75) is 25.8 Å². The van der Waals surface area contributed by atoms with E-state index in [0.29, 0.717) is 6.04 Å². The molecule has 0 radical (unpaired) electrons. The molecule has 1 aromatic heterocycles. The number of H-pyrrole nitrogens is 1. The molecule has 1 unspecified atom stereocenters. The van der Waals surface area contributed by atoms with Gasteiger partial charge in [0.05, 0.1) is 11.7 Å². The number of benzene rings is 1. The van der Waals surface area contributed by atoms with E-state index in [4.69, 9.17) is 0 Å². The van der Waals surface area contributed by atoms with E-state index >= 15 is 0 Å². The van der Waals surface area contributed by atoms with Gasteiger partial charge in [0.25, 0.3) is 0 Å². The molecule has 3 rings (SSSR count). The molecule has 0 amide bonds. The Balaban J connectivity index is 2.04. The molecule has 18 heavy (non-hydrogen) atoms. The zero-order valence-electron chi connectivity index (χ0n) is 10.3. The van der Waals surface area contributed by atoms with Gasteiger partial charge in [0.1, 0.15) is 0 Å². The first-order valence-corrected chi connectivity index (χ1v) is 7.09. The largest absolute Gasteiger partial charge is 0.309 e. The molecule has 4 heteroatoms. The first-order valence-electron chi connectivity index (χ1n) is 6.30. The summed E-state index contributed by atoms with van der Waals surface area (Å²) in [6.07, 6.45) is 2.41. The molecular formula is C14H16BrN3. The fraction of sp³-hybridized carbons (Fsp3) is 0.357. The Morgan fingerprint density at radius 2 is 2.06 bits per heavy atom. The van der Waals surface area contributed by atoms with Crippen LogP contribution in [0.4, 0.5) is 0 Å². The molecular weight excluding hydrogens is 290 g/mol. The Labute approximate surface area is 115 Å². The van der Waals surface area contributed by atoms with Crippen LogP contribution < -0.4 is 5.32 Å². The maximum absolute atomic E-state index is 4.50. The highest BCUT2D eigenvalue weighted by Gasteiger charge is 2.23. The maximum atomic E-state index is 4.50. The third kappa shape index (κ3) is 2.10. The monoisotopic (exact) mass is 305 g/mol. The molecule has 2 N–H and O–H groups in total. The lowest BCUT2D eigenvalue weighted by molar-refractivity contribution is 0.626. The fourth-order valence-corrected chi connectivity index (χ4v) is 2.86. The molecule has 1 saturated heterocycles. The number of nitrogens with zero attached hydrogens (tertiary/aromatic N) is 1. The summed E-state index contributed by atoms with van der Waals surface area (Å²) >= 11 is 3.48. The van der Waals surface area contributed by atoms with Crippen molar-refractivity contribution < 1.29 is 0 Å². The van der Waals surface area contributed by atoms with Gasteiger partial charge < -0.3 is 5.32 Å². The minimum atomic E-state index is 0.397. The van der Waals surface area contributed by atoms with E-state index in [2.05, 4.69) is 62.6 Å². The minimum absolute atomic E-state index is 0.397. The van der Waals surface area contributed by atoms with Crippen LogP contribution >= 0.6 is 15.9 Å². The van der Waals surface area contributed by atoms with E-state index in [0.717, 1.165) is 22.4 Å². The van der Waals surface area contributed by atoms with Crippen LogP contribution in [0.3, 0.4) is 0 Å². The molecule has 1 aliphatic heterocycles. The summed E-state index contributed by atoms with van der Waals surface area (Å²) in [7, 11) is 0. The third-order valence-electron chi connectivity index (χ3n) is 3.50. The first kappa shape index (κ1) is 11.9. The zero-order valence-corrected chi connectivity index (χ0v) is 11.9. The van der Waals surface area contributed by atoms with E-state index < -0.39 is 0 Å². The summed E-state index contributed by atoms with van der Waals surface area (Å²) in [5.74, 6) is 0. The molecule has 0 saturated carbocycles. The van der Waals surface area contributed by atoms with Crippen molar-refractivity contribution in [3.05, 3.63) is 40.1 Å². The molecule has 2 heterocycles. The van der Waals surface area contributed by atoms with Gasteiger partial charge in [-0.2, -0.15) is 5.10 Å². The normalized spacial score (nSPS) is 19.3. The van der Waals surface area contributed by atoms with E-state index in [1.165, 1.54) is 24.0 Å². The van der Waals surface area contributed by atoms with Crippen LogP contribution in [-0.4, -0.2) is 16.7 Å². The predicted octanol–water partition coefficient (Wildman–Crippen LogP) is 3.57. The standard InChI is InChI=1S/C14H16BrN3/c1-9-13(10-4-6-11(15)7-5-10)14(18-17-9)12-3-2-8-16-12/h4-7,12,16H,2-3,8H2,1H3,(H,17,18). The fourth-order valence-electron chi connectivity index (χ4n) is 2.60. The molecule has 1 aromatic carbocycles. The topological polar surface area (TPSA) is 40.7 Å². The van der Waals surface area contributed by atoms with Gasteiger partial charge in [0.2, 0.25) is 0 Å². The number of nitrogens with one attached hydrogen (secondary N) is 2. The smallest absolute Gasteiger partial charge is 0.0872 e. The van der Waals surface area contributed by atoms with Crippen LogP contribution in [0.1, 0.15) is 30.3 Å².